The standard InChI is InChI=1S/C23H26N4O2S/c1-3-27(20-11-7-8-17(2)14-20)13-12-24-21(28)15-19-16-30-23(25-19)26-22(29)18-9-5-4-6-10-18/h4-11,14,16H,3,12-13,15H2,1-2H3,(H,24,28)(H,25,26,29). The summed E-state index contributed by atoms with van der Waals surface area (Å²) in [6, 6.07) is 17.3. The molecule has 0 aliphatic rings. The van der Waals surface area contributed by atoms with Crippen LogP contribution in [0.1, 0.15) is 28.5 Å². The minimum Gasteiger partial charge on any atom is -0.370 e. The number of nitrogens with zero attached hydrogens (tertiary/aromatic N) is 2. The van der Waals surface area contributed by atoms with Gasteiger partial charge in [0.1, 0.15) is 0 Å². The Morgan fingerprint density at radius 2 is 1.90 bits per heavy atom. The Hall–Kier alpha value is -3.19. The van der Waals surface area contributed by atoms with E-state index in [1.165, 1.54) is 16.9 Å². The van der Waals surface area contributed by atoms with E-state index >= 15 is 0 Å². The summed E-state index contributed by atoms with van der Waals surface area (Å²) in [5, 5.41) is 8.01. The highest BCUT2D eigenvalue weighted by atomic mass is 32.1. The third-order valence-corrected chi connectivity index (χ3v) is 5.41. The van der Waals surface area contributed by atoms with Crippen LogP contribution in [0.5, 0.6) is 0 Å². The van der Waals surface area contributed by atoms with Crippen LogP contribution >= 0.6 is 11.3 Å². The predicted octanol–water partition coefficient (Wildman–Crippen LogP) is 3.89. The number of aromatic nitrogens is 1. The Labute approximate surface area is 181 Å². The van der Waals surface area contributed by atoms with Gasteiger partial charge < -0.3 is 10.2 Å². The highest BCUT2D eigenvalue weighted by molar-refractivity contribution is 7.14. The van der Waals surface area contributed by atoms with Gasteiger partial charge in [-0.2, -0.15) is 0 Å². The van der Waals surface area contributed by atoms with Crippen molar-refractivity contribution in [3.8, 4) is 0 Å². The van der Waals surface area contributed by atoms with Gasteiger partial charge in [-0.1, -0.05) is 30.3 Å². The van der Waals surface area contributed by atoms with Gasteiger partial charge >= 0.3 is 0 Å². The average Bonchev–Trinajstić information content (AvgIpc) is 3.18. The first-order chi connectivity index (χ1) is 14.5. The Morgan fingerprint density at radius 3 is 2.63 bits per heavy atom. The second kappa shape index (κ2) is 10.5. The van der Waals surface area contributed by atoms with Crippen molar-refractivity contribution in [2.45, 2.75) is 20.3 Å². The molecule has 156 valence electrons. The SMILES string of the molecule is CCN(CCNC(=O)Cc1csc(NC(=O)c2ccccc2)n1)c1cccc(C)c1. The second-order valence-electron chi connectivity index (χ2n) is 6.91. The third kappa shape index (κ3) is 6.15. The summed E-state index contributed by atoms with van der Waals surface area (Å²) in [4.78, 5) is 31.0. The minimum atomic E-state index is -0.211. The van der Waals surface area contributed by atoms with Crippen LogP contribution in [0.3, 0.4) is 0 Å². The lowest BCUT2D eigenvalue weighted by atomic mass is 10.2. The van der Waals surface area contributed by atoms with E-state index in [-0.39, 0.29) is 18.2 Å². The smallest absolute Gasteiger partial charge is 0.257 e. The summed E-state index contributed by atoms with van der Waals surface area (Å²) in [7, 11) is 0. The lowest BCUT2D eigenvalue weighted by Crippen LogP contribution is -2.35. The van der Waals surface area contributed by atoms with Gasteiger partial charge in [-0.15, -0.1) is 11.3 Å². The number of benzene rings is 2. The first-order valence-electron chi connectivity index (χ1n) is 9.94. The van der Waals surface area contributed by atoms with E-state index in [1.54, 1.807) is 17.5 Å². The number of nitrogens with one attached hydrogen (secondary N) is 2. The lowest BCUT2D eigenvalue weighted by Gasteiger charge is -2.23. The van der Waals surface area contributed by atoms with Crippen molar-refractivity contribution in [2.75, 3.05) is 29.9 Å². The normalized spacial score (nSPS) is 10.5. The molecule has 0 unspecified atom stereocenters. The summed E-state index contributed by atoms with van der Waals surface area (Å²) >= 11 is 1.31. The number of hydrogen-bond donors (Lipinski definition) is 2. The summed E-state index contributed by atoms with van der Waals surface area (Å²) in [6.45, 7) is 6.34. The molecule has 2 amide bonds. The quantitative estimate of drug-likeness (QED) is 0.549. The van der Waals surface area contributed by atoms with E-state index in [2.05, 4.69) is 52.6 Å². The predicted molar refractivity (Wildman–Crippen MR) is 122 cm³/mol. The summed E-state index contributed by atoms with van der Waals surface area (Å²) < 4.78 is 0. The van der Waals surface area contributed by atoms with Crippen molar-refractivity contribution < 1.29 is 9.59 Å². The molecule has 1 heterocycles. The van der Waals surface area contributed by atoms with Gasteiger partial charge in [-0.05, 0) is 43.7 Å². The number of aryl methyl sites for hydroxylation is 1. The molecule has 3 aromatic rings. The first kappa shape index (κ1) is 21.5. The molecule has 0 aliphatic heterocycles. The molecule has 1 aromatic heterocycles. The van der Waals surface area contributed by atoms with Crippen LogP contribution in [0.25, 0.3) is 0 Å². The van der Waals surface area contributed by atoms with Crippen LogP contribution in [0.4, 0.5) is 10.8 Å². The lowest BCUT2D eigenvalue weighted by molar-refractivity contribution is -0.120. The maximum Gasteiger partial charge on any atom is 0.257 e. The molecular formula is C23H26N4O2S. The van der Waals surface area contributed by atoms with Gasteiger partial charge in [0.25, 0.3) is 5.91 Å². The zero-order valence-electron chi connectivity index (χ0n) is 17.2. The molecular weight excluding hydrogens is 396 g/mol. The Kier molecular flexibility index (Phi) is 7.57. The maximum absolute atomic E-state index is 12.3. The van der Waals surface area contributed by atoms with Gasteiger partial charge in [0.15, 0.2) is 5.13 Å². The van der Waals surface area contributed by atoms with Crippen LogP contribution in [-0.2, 0) is 11.2 Å². The topological polar surface area (TPSA) is 74.3 Å². The molecule has 30 heavy (non-hydrogen) atoms. The molecule has 0 aliphatic carbocycles. The molecule has 0 saturated heterocycles. The molecule has 6 nitrogen and oxygen atoms in total. The molecule has 0 atom stereocenters. The van der Waals surface area contributed by atoms with Crippen molar-refractivity contribution in [3.05, 3.63) is 76.8 Å². The van der Waals surface area contributed by atoms with E-state index in [1.807, 2.05) is 24.3 Å². The van der Waals surface area contributed by atoms with Gasteiger partial charge in [-0.3, -0.25) is 14.9 Å². The third-order valence-electron chi connectivity index (χ3n) is 4.60. The molecule has 2 aromatic carbocycles. The van der Waals surface area contributed by atoms with Crippen LogP contribution in [0.2, 0.25) is 0 Å². The van der Waals surface area contributed by atoms with Crippen molar-refractivity contribution in [2.24, 2.45) is 0 Å². The fourth-order valence-corrected chi connectivity index (χ4v) is 3.76. The fraction of sp³-hybridized carbons (Fsp3) is 0.261. The average molecular weight is 423 g/mol. The maximum atomic E-state index is 12.3. The van der Waals surface area contributed by atoms with Crippen LogP contribution < -0.4 is 15.5 Å². The first-order valence-corrected chi connectivity index (χ1v) is 10.8. The van der Waals surface area contributed by atoms with Crippen molar-refractivity contribution in [1.29, 1.82) is 0 Å². The number of likely N-dealkylation sites (N-methyl/N-ethyl adjacent to an activating group) is 1. The van der Waals surface area contributed by atoms with Crippen molar-refractivity contribution >= 4 is 34.0 Å². The number of hydrogen-bond acceptors (Lipinski definition) is 5. The fourth-order valence-electron chi connectivity index (χ4n) is 3.06. The second-order valence-corrected chi connectivity index (χ2v) is 7.77. The van der Waals surface area contributed by atoms with Gasteiger partial charge in [0.2, 0.25) is 5.91 Å². The zero-order valence-corrected chi connectivity index (χ0v) is 18.0. The van der Waals surface area contributed by atoms with E-state index in [0.29, 0.717) is 22.9 Å². The van der Waals surface area contributed by atoms with Crippen molar-refractivity contribution in [1.82, 2.24) is 10.3 Å². The molecule has 0 fully saturated rings. The highest BCUT2D eigenvalue weighted by Gasteiger charge is 2.11. The van der Waals surface area contributed by atoms with Crippen LogP contribution in [0.15, 0.2) is 60.0 Å². The molecule has 0 saturated carbocycles. The Bertz CT molecular complexity index is 988. The molecule has 0 radical (unpaired) electrons. The molecule has 2 N–H and O–H groups in total. The highest BCUT2D eigenvalue weighted by Crippen LogP contribution is 2.17. The molecule has 0 spiro atoms. The van der Waals surface area contributed by atoms with Crippen LogP contribution in [0, 0.1) is 6.92 Å². The summed E-state index contributed by atoms with van der Waals surface area (Å²) in [6.07, 6.45) is 0.189. The number of thiazole rings is 1. The number of rotatable bonds is 9. The van der Waals surface area contributed by atoms with E-state index in [0.717, 1.165) is 18.8 Å². The molecule has 7 heteroatoms. The zero-order chi connectivity index (χ0) is 21.3. The van der Waals surface area contributed by atoms with Gasteiger partial charge in [0.05, 0.1) is 12.1 Å². The number of amides is 2. The van der Waals surface area contributed by atoms with E-state index < -0.39 is 0 Å². The number of carbonyl (C=O) groups excluding carboxylic acids is 2. The van der Waals surface area contributed by atoms with Crippen molar-refractivity contribution in [3.63, 3.8) is 0 Å². The monoisotopic (exact) mass is 422 g/mol. The summed E-state index contributed by atoms with van der Waals surface area (Å²) in [5.74, 6) is -0.293. The van der Waals surface area contributed by atoms with Gasteiger partial charge in [0, 0.05) is 36.3 Å². The van der Waals surface area contributed by atoms with E-state index in [9.17, 15) is 9.59 Å². The van der Waals surface area contributed by atoms with Gasteiger partial charge in [-0.25, -0.2) is 4.98 Å². The number of anilines is 2. The molecule has 0 bridgehead atoms. The summed E-state index contributed by atoms with van der Waals surface area (Å²) in [5.41, 5.74) is 3.59. The minimum absolute atomic E-state index is 0.0819. The Balaban J connectivity index is 1.45. The Morgan fingerprint density at radius 1 is 1.10 bits per heavy atom. The largest absolute Gasteiger partial charge is 0.370 e. The molecule has 3 rings (SSSR count). The van der Waals surface area contributed by atoms with Crippen LogP contribution in [-0.4, -0.2) is 36.4 Å². The van der Waals surface area contributed by atoms with E-state index in [4.69, 9.17) is 0 Å². The number of carbonyl (C=O) groups is 2.